The number of ether oxygens (including phenoxy) is 4. The van der Waals surface area contributed by atoms with Crippen LogP contribution in [0.4, 0.5) is 5.69 Å². The quantitative estimate of drug-likeness (QED) is 0.141. The number of fused-ring (bicyclic) bond motifs is 32. The van der Waals surface area contributed by atoms with Gasteiger partial charge in [-0.1, -0.05) is 151 Å². The van der Waals surface area contributed by atoms with E-state index in [2.05, 4.69) is 390 Å². The minimum absolute atomic E-state index is 0.186. The van der Waals surface area contributed by atoms with Crippen molar-refractivity contribution in [2.24, 2.45) is 0 Å². The van der Waals surface area contributed by atoms with Gasteiger partial charge in [-0.15, -0.1) is 0 Å². The van der Waals surface area contributed by atoms with E-state index >= 15 is 0 Å². The van der Waals surface area contributed by atoms with Crippen LogP contribution in [0.3, 0.4) is 0 Å². The molecule has 12 aliphatic rings. The van der Waals surface area contributed by atoms with Crippen molar-refractivity contribution >= 4 is 223 Å². The molecule has 0 atom stereocenters. The van der Waals surface area contributed by atoms with Gasteiger partial charge in [0.05, 0.1) is 33.1 Å². The first-order valence-corrected chi connectivity index (χ1v) is 46.2. The zero-order chi connectivity index (χ0) is 80.3. The van der Waals surface area contributed by atoms with Crippen LogP contribution in [-0.4, -0.2) is 70.8 Å². The monoisotopic (exact) mass is 1580 g/mol. The molecular formula is C105H69B8N5O4P-. The number of rotatable bonds is 3. The molecule has 0 unspecified atom stereocenters. The number of benzene rings is 17. The number of nitrogens with zero attached hydrogens (tertiary/aromatic N) is 4. The van der Waals surface area contributed by atoms with Crippen LogP contribution in [0.25, 0.3) is 110 Å². The molecule has 18 heteroatoms. The molecule has 0 amide bonds. The van der Waals surface area contributed by atoms with Gasteiger partial charge in [0.15, 0.2) is 0 Å². The van der Waals surface area contributed by atoms with Crippen LogP contribution in [0.2, 0.25) is 0 Å². The maximum absolute atomic E-state index is 6.58. The van der Waals surface area contributed by atoms with Crippen LogP contribution in [0.1, 0.15) is 16.7 Å². The Bertz CT molecular complexity index is 8370. The first-order chi connectivity index (χ1) is 60.8. The minimum atomic E-state index is -2.11. The number of hydrogen-bond acceptors (Lipinski definition) is 5. The van der Waals surface area contributed by atoms with E-state index in [0.29, 0.717) is 0 Å². The van der Waals surface area contributed by atoms with Crippen LogP contribution in [-0.2, 0) is 0 Å². The molecule has 0 radical (unpaired) electrons. The third-order valence-corrected chi connectivity index (χ3v) is 39.2. The van der Waals surface area contributed by atoms with Crippen LogP contribution in [0.5, 0.6) is 46.0 Å². The molecule has 9 nitrogen and oxygen atoms in total. The molecule has 2 bridgehead atoms. The molecule has 16 heterocycles. The van der Waals surface area contributed by atoms with Gasteiger partial charge in [-0.2, -0.15) is 0 Å². The van der Waals surface area contributed by atoms with Gasteiger partial charge in [0.1, 0.15) is 34.5 Å². The van der Waals surface area contributed by atoms with Crippen molar-refractivity contribution in [2.45, 2.75) is 20.8 Å². The Kier molecular flexibility index (Phi) is 13.2. The van der Waals surface area contributed by atoms with Gasteiger partial charge in [-0.3, -0.25) is 0 Å². The van der Waals surface area contributed by atoms with Crippen molar-refractivity contribution in [3.8, 4) is 68.7 Å². The van der Waals surface area contributed by atoms with E-state index in [1.54, 1.807) is 5.30 Å². The van der Waals surface area contributed by atoms with Gasteiger partial charge in [-0.25, -0.2) is 0 Å². The van der Waals surface area contributed by atoms with Crippen molar-refractivity contribution in [1.82, 2.24) is 18.3 Å². The molecule has 123 heavy (non-hydrogen) atoms. The van der Waals surface area contributed by atoms with Gasteiger partial charge in [0.25, 0.3) is 20.1 Å². The number of aromatic nitrogens is 4. The summed E-state index contributed by atoms with van der Waals surface area (Å²) in [5.74, 6) is 7.82. The van der Waals surface area contributed by atoms with Crippen LogP contribution < -0.4 is 94.9 Å². The van der Waals surface area contributed by atoms with E-state index in [9.17, 15) is 0 Å². The van der Waals surface area contributed by atoms with E-state index in [-0.39, 0.29) is 33.9 Å². The third-order valence-electron chi connectivity index (χ3n) is 30.7. The maximum atomic E-state index is 6.58. The van der Waals surface area contributed by atoms with E-state index in [4.69, 9.17) is 18.9 Å². The van der Waals surface area contributed by atoms with Crippen molar-refractivity contribution < 1.29 is 18.9 Å². The molecule has 0 spiro atoms. The number of aryl methyl sites for hydroxylation is 3. The van der Waals surface area contributed by atoms with Crippen LogP contribution in [0.15, 0.2) is 346 Å². The Morgan fingerprint density at radius 1 is 0.268 bits per heavy atom. The average Bonchev–Trinajstić information content (AvgIpc) is 1.35. The van der Waals surface area contributed by atoms with Gasteiger partial charge in [0, 0.05) is 49.4 Å². The second-order valence-corrected chi connectivity index (χ2v) is 41.8. The molecule has 33 rings (SSSR count). The molecule has 12 aliphatic heterocycles. The summed E-state index contributed by atoms with van der Waals surface area (Å²) in [6, 6.07) is 126. The second-order valence-electron chi connectivity index (χ2n) is 36.2. The van der Waals surface area contributed by atoms with Crippen molar-refractivity contribution in [3.63, 3.8) is 0 Å². The summed E-state index contributed by atoms with van der Waals surface area (Å²) in [5.41, 5.74) is 36.4. The van der Waals surface area contributed by atoms with Crippen molar-refractivity contribution in [3.05, 3.63) is 362 Å². The summed E-state index contributed by atoms with van der Waals surface area (Å²) >= 11 is 0. The predicted octanol–water partition coefficient (Wildman–Crippen LogP) is 15.3. The van der Waals surface area contributed by atoms with Gasteiger partial charge in [0.2, 0.25) is 0 Å². The summed E-state index contributed by atoms with van der Waals surface area (Å²) in [7, 11) is 0.193. The molecule has 4 saturated heterocycles. The number of anilines is 1. The molecule has 21 aromatic rings. The first kappa shape index (κ1) is 67.6. The van der Waals surface area contributed by atoms with Crippen LogP contribution in [0, 0.1) is 20.8 Å². The Morgan fingerprint density at radius 3 is 1.12 bits per heavy atom. The average molecular weight is 1580 g/mol. The standard InChI is InChI=1S/C30H21B5N2OP.3C25H16BNO/c1-2-9-19(10-3-1)36-39(33-31-34(39)35(33)39)27-16-8-14-24-28(27)20-17-18-26-29-30(20)37(24)23-13-6-4-11-21(23)32(29)22-12-5-7-15-25(22)38-26;1-15-7-6-8-16-17-13-14-22-23-25(17)27(24(15)16)20-11-4-2-9-18(20)26(23)19-10-3-5-12-21(19)28-22;1-15-10-12-20-17(14-15)16-11-13-23-24-25(16)27(20)21-8-4-2-6-18(21)26(24)19-7-3-5-9-22(19)28-23;1-15-10-11-16-17-12-13-23-24-25(17)27(21(16)14-15)20-8-4-2-6-18(20)26(24)19-7-3-5-9-22(19)28-23/h1-18,36H,31H2;3*2-14H,1H3/q-1;;;. The van der Waals surface area contributed by atoms with Gasteiger partial charge in [-0.05, 0) is 172 Å². The van der Waals surface area contributed by atoms with Gasteiger partial charge >= 0.3 is 229 Å². The summed E-state index contributed by atoms with van der Waals surface area (Å²) in [6.07, 6.45) is 0.815. The van der Waals surface area contributed by atoms with E-state index in [1.165, 1.54) is 198 Å². The Balaban J connectivity index is 0.0000000834. The van der Waals surface area contributed by atoms with Crippen LogP contribution >= 0.6 is 6.39 Å². The number of para-hydroxylation sites is 10. The SMILES string of the molecule is Cc1ccc2c(c1)c1ccc3c4c1n2-c1ccccc1B4c1ccccc1O3.Cc1ccc2c3ccc4c5c3n(c2c1)-c1ccccc1B5c1ccccc1O4.Cc1cccc2c3ccc4c5c3n(c12)-c1ccccc1B5c1ccccc1O4.[BH2-]1B2B3B1P23(Nc1ccccc1)c1cccc2c1c1ccc3c4c1n2-c1ccccc1B4c1ccccc1O3. The topological polar surface area (TPSA) is 68.7 Å². The molecule has 4 aromatic heterocycles. The number of hydrogen-bond donors (Lipinski definition) is 1. The zero-order valence-electron chi connectivity index (χ0n) is 67.8. The second kappa shape index (κ2) is 23.9. The molecule has 568 valence electrons. The summed E-state index contributed by atoms with van der Waals surface area (Å²) in [5, 5.41) is 16.7. The predicted molar refractivity (Wildman–Crippen MR) is 524 cm³/mol. The fourth-order valence-electron chi connectivity index (χ4n) is 25.8. The normalized spacial score (nSPS) is 15.4. The first-order valence-electron chi connectivity index (χ1n) is 43.7. The zero-order valence-corrected chi connectivity index (χ0v) is 68.7. The van der Waals surface area contributed by atoms with E-state index < -0.39 is 6.39 Å². The van der Waals surface area contributed by atoms with E-state index in [0.717, 1.165) is 64.6 Å². The van der Waals surface area contributed by atoms with Crippen molar-refractivity contribution in [2.75, 3.05) is 5.09 Å². The number of nitrogens with one attached hydrogen (secondary N) is 1. The molecule has 0 saturated carbocycles. The third kappa shape index (κ3) is 8.47. The van der Waals surface area contributed by atoms with Gasteiger partial charge < -0.3 is 27.9 Å². The summed E-state index contributed by atoms with van der Waals surface area (Å²) in [4.78, 5) is 0. The summed E-state index contributed by atoms with van der Waals surface area (Å²) < 4.78 is 35.6. The van der Waals surface area contributed by atoms with E-state index in [1.807, 2.05) is 0 Å². The fourth-order valence-corrected chi connectivity index (χ4v) is 36.2. The Hall–Kier alpha value is -14.1. The summed E-state index contributed by atoms with van der Waals surface area (Å²) in [6.45, 7) is 7.34. The Labute approximate surface area is 712 Å². The molecule has 1 N–H and O–H groups in total. The Morgan fingerprint density at radius 2 is 0.634 bits per heavy atom. The molecular weight excluding hydrogens is 1510 g/mol. The van der Waals surface area contributed by atoms with Crippen molar-refractivity contribution in [1.29, 1.82) is 0 Å². The molecule has 17 aromatic carbocycles. The fraction of sp³-hybridized carbons (Fsp3) is 0.0286. The molecule has 4 fully saturated rings. The molecule has 0 aliphatic carbocycles.